The number of pyridine rings is 1. The Hall–Kier alpha value is -3.00. The summed E-state index contributed by atoms with van der Waals surface area (Å²) in [6, 6.07) is 9.90. The molecule has 1 aliphatic heterocycles. The SMILES string of the molecule is N#Cc1c[nH]c2ncc(-c3cccc4c3OCCO4)cc12. The fraction of sp³-hybridized carbons (Fsp3) is 0.125. The maximum atomic E-state index is 9.14. The third-order valence-corrected chi connectivity index (χ3v) is 3.53. The molecule has 1 N–H and O–H groups in total. The zero-order valence-electron chi connectivity index (χ0n) is 11.1. The number of H-pyrrole nitrogens is 1. The van der Waals surface area contributed by atoms with E-state index in [9.17, 15) is 0 Å². The summed E-state index contributed by atoms with van der Waals surface area (Å²) in [7, 11) is 0. The maximum absolute atomic E-state index is 9.14. The molecule has 4 rings (SSSR count). The highest BCUT2D eigenvalue weighted by molar-refractivity contribution is 5.88. The van der Waals surface area contributed by atoms with Gasteiger partial charge in [0.15, 0.2) is 11.5 Å². The molecule has 2 aromatic heterocycles. The van der Waals surface area contributed by atoms with Crippen LogP contribution in [0.15, 0.2) is 36.7 Å². The van der Waals surface area contributed by atoms with Crippen molar-refractivity contribution in [1.82, 2.24) is 9.97 Å². The zero-order chi connectivity index (χ0) is 14.2. The lowest BCUT2D eigenvalue weighted by atomic mass is 10.0. The van der Waals surface area contributed by atoms with E-state index in [0.29, 0.717) is 24.4 Å². The number of rotatable bonds is 1. The minimum absolute atomic E-state index is 0.535. The lowest BCUT2D eigenvalue weighted by Crippen LogP contribution is -2.15. The first-order valence-corrected chi connectivity index (χ1v) is 6.63. The molecule has 1 aliphatic rings. The van der Waals surface area contributed by atoms with Crippen LogP contribution < -0.4 is 9.47 Å². The number of hydrogen-bond donors (Lipinski definition) is 1. The Morgan fingerprint density at radius 3 is 3.05 bits per heavy atom. The topological polar surface area (TPSA) is 70.9 Å². The summed E-state index contributed by atoms with van der Waals surface area (Å²) in [6.07, 6.45) is 3.44. The molecule has 3 heterocycles. The number of aromatic amines is 1. The van der Waals surface area contributed by atoms with Crippen molar-refractivity contribution in [3.05, 3.63) is 42.2 Å². The molecular formula is C16H11N3O2. The highest BCUT2D eigenvalue weighted by Gasteiger charge is 2.17. The summed E-state index contributed by atoms with van der Waals surface area (Å²) in [5, 5.41) is 9.95. The number of nitrogens with one attached hydrogen (secondary N) is 1. The lowest BCUT2D eigenvalue weighted by molar-refractivity contribution is 0.172. The second-order valence-corrected chi connectivity index (χ2v) is 4.76. The van der Waals surface area contributed by atoms with Gasteiger partial charge in [0.1, 0.15) is 24.9 Å². The van der Waals surface area contributed by atoms with Crippen LogP contribution >= 0.6 is 0 Å². The summed E-state index contributed by atoms with van der Waals surface area (Å²) >= 11 is 0. The molecule has 0 amide bonds. The van der Waals surface area contributed by atoms with E-state index in [2.05, 4.69) is 16.0 Å². The molecule has 0 aliphatic carbocycles. The zero-order valence-corrected chi connectivity index (χ0v) is 11.1. The molecular weight excluding hydrogens is 266 g/mol. The van der Waals surface area contributed by atoms with E-state index in [1.54, 1.807) is 12.4 Å². The number of nitrogens with zero attached hydrogens (tertiary/aromatic N) is 2. The van der Waals surface area contributed by atoms with E-state index in [-0.39, 0.29) is 0 Å². The van der Waals surface area contributed by atoms with Gasteiger partial charge in [0.25, 0.3) is 0 Å². The molecule has 0 saturated carbocycles. The molecule has 3 aromatic rings. The predicted octanol–water partition coefficient (Wildman–Crippen LogP) is 2.87. The Bertz CT molecular complexity index is 877. The van der Waals surface area contributed by atoms with Crippen LogP contribution in [0.3, 0.4) is 0 Å². The van der Waals surface area contributed by atoms with Crippen molar-refractivity contribution in [2.45, 2.75) is 0 Å². The number of hydrogen-bond acceptors (Lipinski definition) is 4. The molecule has 21 heavy (non-hydrogen) atoms. The molecule has 5 nitrogen and oxygen atoms in total. The van der Waals surface area contributed by atoms with Gasteiger partial charge < -0.3 is 14.5 Å². The molecule has 5 heteroatoms. The summed E-state index contributed by atoms with van der Waals surface area (Å²) < 4.78 is 11.3. The van der Waals surface area contributed by atoms with Crippen LogP contribution in [0.1, 0.15) is 5.56 Å². The molecule has 1 aromatic carbocycles. The van der Waals surface area contributed by atoms with Gasteiger partial charge in [-0.25, -0.2) is 4.98 Å². The van der Waals surface area contributed by atoms with Crippen molar-refractivity contribution < 1.29 is 9.47 Å². The van der Waals surface area contributed by atoms with Gasteiger partial charge in [-0.15, -0.1) is 0 Å². The van der Waals surface area contributed by atoms with Crippen LogP contribution in [-0.4, -0.2) is 23.2 Å². The van der Waals surface area contributed by atoms with Gasteiger partial charge in [0.05, 0.1) is 5.56 Å². The third-order valence-electron chi connectivity index (χ3n) is 3.53. The van der Waals surface area contributed by atoms with Crippen LogP contribution in [0, 0.1) is 11.3 Å². The van der Waals surface area contributed by atoms with Crippen LogP contribution in [0.2, 0.25) is 0 Å². The highest BCUT2D eigenvalue weighted by Crippen LogP contribution is 2.40. The Morgan fingerprint density at radius 1 is 1.24 bits per heavy atom. The largest absolute Gasteiger partial charge is 0.486 e. The lowest BCUT2D eigenvalue weighted by Gasteiger charge is -2.20. The predicted molar refractivity (Wildman–Crippen MR) is 77.2 cm³/mol. The second kappa shape index (κ2) is 4.53. The first-order chi connectivity index (χ1) is 10.4. The van der Waals surface area contributed by atoms with E-state index >= 15 is 0 Å². The van der Waals surface area contributed by atoms with Crippen LogP contribution in [0.25, 0.3) is 22.2 Å². The fourth-order valence-corrected chi connectivity index (χ4v) is 2.54. The van der Waals surface area contributed by atoms with E-state index in [1.807, 2.05) is 24.3 Å². The standard InChI is InChI=1S/C16H11N3O2/c17-7-11-9-19-16-13(11)6-10(8-18-16)12-2-1-3-14-15(12)21-5-4-20-14/h1-3,6,8-9H,4-5H2,(H,18,19). The second-order valence-electron chi connectivity index (χ2n) is 4.76. The Morgan fingerprint density at radius 2 is 2.14 bits per heavy atom. The number of fused-ring (bicyclic) bond motifs is 2. The molecule has 0 atom stereocenters. The van der Waals surface area contributed by atoms with Crippen molar-refractivity contribution >= 4 is 11.0 Å². The third kappa shape index (κ3) is 1.81. The Balaban J connectivity index is 1.93. The van der Waals surface area contributed by atoms with Crippen molar-refractivity contribution in [1.29, 1.82) is 5.26 Å². The number of ether oxygens (including phenoxy) is 2. The summed E-state index contributed by atoms with van der Waals surface area (Å²) in [4.78, 5) is 7.36. The maximum Gasteiger partial charge on any atom is 0.169 e. The smallest absolute Gasteiger partial charge is 0.169 e. The van der Waals surface area contributed by atoms with Crippen molar-refractivity contribution in [3.63, 3.8) is 0 Å². The minimum atomic E-state index is 0.535. The number of benzene rings is 1. The van der Waals surface area contributed by atoms with E-state index in [1.165, 1.54) is 0 Å². The van der Waals surface area contributed by atoms with Crippen LogP contribution in [0.5, 0.6) is 11.5 Å². The van der Waals surface area contributed by atoms with Gasteiger partial charge >= 0.3 is 0 Å². The van der Waals surface area contributed by atoms with E-state index < -0.39 is 0 Å². The van der Waals surface area contributed by atoms with Crippen LogP contribution in [-0.2, 0) is 0 Å². The van der Waals surface area contributed by atoms with Crippen molar-refractivity contribution in [2.24, 2.45) is 0 Å². The summed E-state index contributed by atoms with van der Waals surface area (Å²) in [6.45, 7) is 1.09. The Kier molecular flexibility index (Phi) is 2.54. The highest BCUT2D eigenvalue weighted by atomic mass is 16.6. The van der Waals surface area contributed by atoms with Crippen LogP contribution in [0.4, 0.5) is 0 Å². The number of nitriles is 1. The number of aromatic nitrogens is 2. The van der Waals surface area contributed by atoms with E-state index in [0.717, 1.165) is 28.0 Å². The molecule has 0 spiro atoms. The van der Waals surface area contributed by atoms with Gasteiger partial charge in [-0.2, -0.15) is 5.26 Å². The van der Waals surface area contributed by atoms with Gasteiger partial charge in [-0.1, -0.05) is 12.1 Å². The monoisotopic (exact) mass is 277 g/mol. The minimum Gasteiger partial charge on any atom is -0.486 e. The quantitative estimate of drug-likeness (QED) is 0.742. The first-order valence-electron chi connectivity index (χ1n) is 6.63. The summed E-state index contributed by atoms with van der Waals surface area (Å²) in [5.41, 5.74) is 3.12. The molecule has 0 fully saturated rings. The van der Waals surface area contributed by atoms with Gasteiger partial charge in [-0.05, 0) is 12.1 Å². The molecule has 0 saturated heterocycles. The van der Waals surface area contributed by atoms with Crippen molar-refractivity contribution in [2.75, 3.05) is 13.2 Å². The molecule has 0 bridgehead atoms. The van der Waals surface area contributed by atoms with Gasteiger partial charge in [-0.3, -0.25) is 0 Å². The average molecular weight is 277 g/mol. The number of para-hydroxylation sites is 1. The Labute approximate surface area is 120 Å². The normalized spacial score (nSPS) is 13.1. The first kappa shape index (κ1) is 11.8. The van der Waals surface area contributed by atoms with Gasteiger partial charge in [0.2, 0.25) is 0 Å². The van der Waals surface area contributed by atoms with E-state index in [4.69, 9.17) is 14.7 Å². The van der Waals surface area contributed by atoms with Gasteiger partial charge in [0, 0.05) is 28.9 Å². The molecule has 0 unspecified atom stereocenters. The molecule has 0 radical (unpaired) electrons. The average Bonchev–Trinajstić information content (AvgIpc) is 2.96. The fourth-order valence-electron chi connectivity index (χ4n) is 2.54. The summed E-state index contributed by atoms with van der Waals surface area (Å²) in [5.74, 6) is 1.48. The molecule has 102 valence electrons. The van der Waals surface area contributed by atoms with Crippen molar-refractivity contribution in [3.8, 4) is 28.7 Å².